The van der Waals surface area contributed by atoms with Gasteiger partial charge in [-0.2, -0.15) is 0 Å². The zero-order chi connectivity index (χ0) is 25.3. The summed E-state index contributed by atoms with van der Waals surface area (Å²) >= 11 is 14.8. The highest BCUT2D eigenvalue weighted by molar-refractivity contribution is 7.80. The van der Waals surface area contributed by atoms with Gasteiger partial charge in [0.05, 0.1) is 9.40 Å². The van der Waals surface area contributed by atoms with Crippen molar-refractivity contribution in [2.45, 2.75) is 0 Å². The van der Waals surface area contributed by atoms with Gasteiger partial charge in [0.25, 0.3) is 23.6 Å². The number of hydrogen-bond donors (Lipinski definition) is 0. The van der Waals surface area contributed by atoms with E-state index in [-0.39, 0.29) is 21.4 Å². The summed E-state index contributed by atoms with van der Waals surface area (Å²) in [6, 6.07) is 3.91. The maximum absolute atomic E-state index is 12.6. The minimum Gasteiger partial charge on any atom is -0.288 e. The summed E-state index contributed by atoms with van der Waals surface area (Å²) in [7, 11) is 6.18. The number of carbonyl (C=O) groups is 4. The Labute approximate surface area is 222 Å². The molecule has 0 bridgehead atoms. The number of thiocarbonyl (C=S) groups is 2. The number of thiophene rings is 3. The van der Waals surface area contributed by atoms with E-state index in [0.29, 0.717) is 0 Å². The topological polar surface area (TPSA) is 81.2 Å². The van der Waals surface area contributed by atoms with Gasteiger partial charge >= 0.3 is 0 Å². The molecule has 4 amide bonds. The Kier molecular flexibility index (Phi) is 5.72. The summed E-state index contributed by atoms with van der Waals surface area (Å²) in [5, 5.41) is 0.334. The van der Waals surface area contributed by atoms with Gasteiger partial charge in [0.2, 0.25) is 0 Å². The van der Waals surface area contributed by atoms with Gasteiger partial charge in [-0.15, -0.1) is 34.0 Å². The minimum absolute atomic E-state index is 0.0610. The lowest BCUT2D eigenvalue weighted by Gasteiger charge is -2.31. The number of hydrogen-bond acceptors (Lipinski definition) is 9. The van der Waals surface area contributed by atoms with Crippen molar-refractivity contribution >= 4 is 123 Å². The molecule has 2 fully saturated rings. The van der Waals surface area contributed by atoms with Crippen molar-refractivity contribution < 1.29 is 19.2 Å². The van der Waals surface area contributed by atoms with Crippen LogP contribution >= 0.6 is 58.4 Å². The molecule has 0 unspecified atom stereocenters. The predicted octanol–water partition coefficient (Wildman–Crippen LogP) is 3.37. The highest BCUT2D eigenvalue weighted by Crippen LogP contribution is 2.44. The summed E-state index contributed by atoms with van der Waals surface area (Å²) in [5.41, 5.74) is 0.122. The average molecular weight is 561 g/mol. The van der Waals surface area contributed by atoms with Crippen LogP contribution in [0.15, 0.2) is 23.3 Å². The summed E-state index contributed by atoms with van der Waals surface area (Å²) in [6.45, 7) is 0. The van der Waals surface area contributed by atoms with Crippen molar-refractivity contribution in [3.05, 3.63) is 33.0 Å². The first-order chi connectivity index (χ1) is 16.5. The largest absolute Gasteiger partial charge is 0.288 e. The molecule has 5 heterocycles. The Morgan fingerprint density at radius 1 is 0.600 bits per heavy atom. The Morgan fingerprint density at radius 2 is 0.914 bits per heavy atom. The van der Waals surface area contributed by atoms with Gasteiger partial charge < -0.3 is 0 Å². The van der Waals surface area contributed by atoms with Gasteiger partial charge in [0, 0.05) is 47.3 Å². The van der Waals surface area contributed by atoms with Gasteiger partial charge in [-0.25, -0.2) is 0 Å². The number of likely N-dealkylation sites (N-methyl/N-ethyl adjacent to an activating group) is 4. The molecule has 0 atom stereocenters. The normalized spacial score (nSPS) is 17.7. The van der Waals surface area contributed by atoms with Gasteiger partial charge in [0.15, 0.2) is 10.2 Å². The Bertz CT molecular complexity index is 1420. The van der Waals surface area contributed by atoms with Crippen LogP contribution in [-0.2, 0) is 19.2 Å². The number of nitrogens with zero attached hydrogens (tertiary/aromatic N) is 4. The van der Waals surface area contributed by atoms with E-state index in [1.54, 1.807) is 51.7 Å². The van der Waals surface area contributed by atoms with Gasteiger partial charge in [-0.05, 0) is 48.7 Å². The molecule has 3 aromatic heterocycles. The van der Waals surface area contributed by atoms with Gasteiger partial charge in [-0.3, -0.25) is 38.8 Å². The van der Waals surface area contributed by atoms with Crippen molar-refractivity contribution in [1.82, 2.24) is 19.6 Å². The highest BCUT2D eigenvalue weighted by atomic mass is 32.1. The Hall–Kier alpha value is -2.84. The molecule has 0 saturated carbocycles. The van der Waals surface area contributed by atoms with E-state index in [9.17, 15) is 19.2 Å². The molecule has 13 heteroatoms. The highest BCUT2D eigenvalue weighted by Gasteiger charge is 2.36. The molecule has 0 spiro atoms. The summed E-state index contributed by atoms with van der Waals surface area (Å²) in [6.07, 6.45) is 3.21. The number of carbonyl (C=O) groups excluding carboxylic acids is 4. The van der Waals surface area contributed by atoms with Crippen LogP contribution in [0.1, 0.15) is 9.75 Å². The average Bonchev–Trinajstić information content (AvgIpc) is 3.49. The monoisotopic (exact) mass is 560 g/mol. The molecular weight excluding hydrogens is 545 g/mol. The second-order valence-corrected chi connectivity index (χ2v) is 11.9. The lowest BCUT2D eigenvalue weighted by atomic mass is 10.1. The second-order valence-electron chi connectivity index (χ2n) is 7.92. The molecule has 2 aliphatic heterocycles. The Morgan fingerprint density at radius 3 is 1.23 bits per heavy atom. The van der Waals surface area contributed by atoms with E-state index in [4.69, 9.17) is 24.4 Å². The predicted molar refractivity (Wildman–Crippen MR) is 147 cm³/mol. The number of fused-ring (bicyclic) bond motifs is 3. The molecule has 3 aromatic rings. The van der Waals surface area contributed by atoms with Gasteiger partial charge in [-0.1, -0.05) is 0 Å². The van der Waals surface area contributed by atoms with Crippen LogP contribution in [-0.4, -0.2) is 81.6 Å². The van der Waals surface area contributed by atoms with E-state index >= 15 is 0 Å². The third-order valence-corrected chi connectivity index (χ3v) is 10.5. The molecule has 0 aromatic carbocycles. The zero-order valence-electron chi connectivity index (χ0n) is 18.8. The summed E-state index contributed by atoms with van der Waals surface area (Å²) < 4.78 is 4.11. The quantitative estimate of drug-likeness (QED) is 0.272. The van der Waals surface area contributed by atoms with E-state index in [0.717, 1.165) is 28.6 Å². The van der Waals surface area contributed by atoms with Crippen LogP contribution in [0.2, 0.25) is 0 Å². The van der Waals surface area contributed by atoms with Crippen LogP contribution in [0.5, 0.6) is 0 Å². The standard InChI is InChI=1S/C22H16N4O4S5/c1-23-17(27)11(18(28)24(2)21(23)31)5-9-7-13-15(33-9)16-14(35-13)8-10(34-16)6-12-19(29)25(3)22(32)26(4)20(12)30/h5-8H,1-4H3. The summed E-state index contributed by atoms with van der Waals surface area (Å²) in [5.74, 6) is -1.72. The van der Waals surface area contributed by atoms with Crippen LogP contribution in [0.4, 0.5) is 0 Å². The Balaban J connectivity index is 1.52. The van der Waals surface area contributed by atoms with Crippen molar-refractivity contribution in [2.24, 2.45) is 0 Å². The van der Waals surface area contributed by atoms with Crippen LogP contribution in [0.3, 0.4) is 0 Å². The molecular formula is C22H16N4O4S5. The van der Waals surface area contributed by atoms with E-state index in [2.05, 4.69) is 0 Å². The van der Waals surface area contributed by atoms with Crippen molar-refractivity contribution in [3.63, 3.8) is 0 Å². The fourth-order valence-electron chi connectivity index (χ4n) is 3.75. The molecule has 0 N–H and O–H groups in total. The fraction of sp³-hybridized carbons (Fsp3) is 0.182. The second kappa shape index (κ2) is 8.38. The maximum Gasteiger partial charge on any atom is 0.265 e. The zero-order valence-corrected chi connectivity index (χ0v) is 22.9. The van der Waals surface area contributed by atoms with E-state index in [1.165, 1.54) is 42.3 Å². The molecule has 178 valence electrons. The van der Waals surface area contributed by atoms with E-state index in [1.807, 2.05) is 12.1 Å². The summed E-state index contributed by atoms with van der Waals surface area (Å²) in [4.78, 5) is 57.2. The minimum atomic E-state index is -0.429. The van der Waals surface area contributed by atoms with Crippen molar-refractivity contribution in [1.29, 1.82) is 0 Å². The first-order valence-electron chi connectivity index (χ1n) is 10.1. The molecule has 8 nitrogen and oxygen atoms in total. The molecule has 2 saturated heterocycles. The van der Waals surface area contributed by atoms with Crippen molar-refractivity contribution in [2.75, 3.05) is 28.2 Å². The molecule has 0 aliphatic carbocycles. The SMILES string of the molecule is CN1C(=O)C(=Cc2cc3sc4cc(C=C5C(=O)N(C)C(=S)N(C)C5=O)sc4c3s2)C(=O)N(C)C1=S. The smallest absolute Gasteiger partial charge is 0.265 e. The molecule has 5 rings (SSSR count). The first kappa shape index (κ1) is 23.9. The van der Waals surface area contributed by atoms with Crippen LogP contribution in [0.25, 0.3) is 31.0 Å². The van der Waals surface area contributed by atoms with E-state index < -0.39 is 23.6 Å². The number of amides is 4. The molecule has 35 heavy (non-hydrogen) atoms. The van der Waals surface area contributed by atoms with Crippen molar-refractivity contribution in [3.8, 4) is 0 Å². The third kappa shape index (κ3) is 3.65. The molecule has 2 aliphatic rings. The van der Waals surface area contributed by atoms with Gasteiger partial charge in [0.1, 0.15) is 11.1 Å². The lowest BCUT2D eigenvalue weighted by Crippen LogP contribution is -2.52. The van der Waals surface area contributed by atoms with Crippen LogP contribution < -0.4 is 0 Å². The van der Waals surface area contributed by atoms with Crippen LogP contribution in [0, 0.1) is 0 Å². The third-order valence-electron chi connectivity index (χ3n) is 5.72. The first-order valence-corrected chi connectivity index (χ1v) is 13.4. The molecule has 0 radical (unpaired) electrons. The maximum atomic E-state index is 12.6. The fourth-order valence-corrected chi connectivity index (χ4v) is 8.01. The lowest BCUT2D eigenvalue weighted by molar-refractivity contribution is -0.133. The number of rotatable bonds is 2.